The van der Waals surface area contributed by atoms with Crippen molar-refractivity contribution in [1.82, 2.24) is 4.98 Å². The minimum absolute atomic E-state index is 0.261. The number of amides is 1. The summed E-state index contributed by atoms with van der Waals surface area (Å²) < 4.78 is 13.1. The SMILES string of the molecule is O=C(Nc1cccc(F)c1)c1[nH]c2ccccc2c1Cl. The maximum atomic E-state index is 13.1. The highest BCUT2D eigenvalue weighted by Crippen LogP contribution is 2.27. The van der Waals surface area contributed by atoms with E-state index in [4.69, 9.17) is 11.6 Å². The maximum absolute atomic E-state index is 13.1. The third kappa shape index (κ3) is 2.26. The zero-order valence-corrected chi connectivity index (χ0v) is 11.0. The van der Waals surface area contributed by atoms with E-state index in [0.29, 0.717) is 10.7 Å². The van der Waals surface area contributed by atoms with E-state index in [9.17, 15) is 9.18 Å². The molecule has 1 heterocycles. The van der Waals surface area contributed by atoms with Crippen molar-refractivity contribution in [3.63, 3.8) is 0 Å². The fourth-order valence-electron chi connectivity index (χ4n) is 2.02. The van der Waals surface area contributed by atoms with Gasteiger partial charge in [-0.1, -0.05) is 35.9 Å². The number of H-pyrrole nitrogens is 1. The Kier molecular flexibility index (Phi) is 3.16. The molecular formula is C15H10ClFN2O. The van der Waals surface area contributed by atoms with Crippen LogP contribution in [0.15, 0.2) is 48.5 Å². The van der Waals surface area contributed by atoms with Gasteiger partial charge in [0.2, 0.25) is 0 Å². The standard InChI is InChI=1S/C15H10ClFN2O/c16-13-11-6-1-2-7-12(11)19-14(13)15(20)18-10-5-3-4-9(17)8-10/h1-8,19H,(H,18,20). The number of para-hydroxylation sites is 1. The van der Waals surface area contributed by atoms with Crippen LogP contribution in [0.4, 0.5) is 10.1 Å². The van der Waals surface area contributed by atoms with Gasteiger partial charge in [-0.15, -0.1) is 0 Å². The molecule has 0 saturated carbocycles. The van der Waals surface area contributed by atoms with Crippen molar-refractivity contribution < 1.29 is 9.18 Å². The largest absolute Gasteiger partial charge is 0.349 e. The fraction of sp³-hybridized carbons (Fsp3) is 0. The average molecular weight is 289 g/mol. The summed E-state index contributed by atoms with van der Waals surface area (Å²) in [7, 11) is 0. The van der Waals surface area contributed by atoms with Gasteiger partial charge in [-0.05, 0) is 24.3 Å². The number of hydrogen-bond acceptors (Lipinski definition) is 1. The van der Waals surface area contributed by atoms with Crippen LogP contribution in [-0.4, -0.2) is 10.9 Å². The second-order valence-corrected chi connectivity index (χ2v) is 4.70. The predicted octanol–water partition coefficient (Wildman–Crippen LogP) is 4.21. The molecule has 1 aromatic heterocycles. The van der Waals surface area contributed by atoms with Crippen molar-refractivity contribution >= 4 is 34.1 Å². The number of aromatic nitrogens is 1. The van der Waals surface area contributed by atoms with E-state index in [1.807, 2.05) is 24.3 Å². The molecule has 100 valence electrons. The van der Waals surface area contributed by atoms with Gasteiger partial charge in [0, 0.05) is 16.6 Å². The van der Waals surface area contributed by atoms with Gasteiger partial charge in [0.05, 0.1) is 5.02 Å². The van der Waals surface area contributed by atoms with Crippen LogP contribution in [0.3, 0.4) is 0 Å². The van der Waals surface area contributed by atoms with E-state index in [0.717, 1.165) is 10.9 Å². The minimum atomic E-state index is -0.412. The molecule has 0 unspecified atom stereocenters. The Morgan fingerprint density at radius 2 is 1.95 bits per heavy atom. The Bertz CT molecular complexity index is 797. The molecule has 0 spiro atoms. The first-order valence-corrected chi connectivity index (χ1v) is 6.36. The van der Waals surface area contributed by atoms with Gasteiger partial charge >= 0.3 is 0 Å². The molecule has 0 atom stereocenters. The lowest BCUT2D eigenvalue weighted by atomic mass is 10.2. The second-order valence-electron chi connectivity index (χ2n) is 4.32. The van der Waals surface area contributed by atoms with Gasteiger partial charge < -0.3 is 10.3 Å². The van der Waals surface area contributed by atoms with Crippen LogP contribution in [-0.2, 0) is 0 Å². The summed E-state index contributed by atoms with van der Waals surface area (Å²) in [5, 5.41) is 3.74. The zero-order valence-electron chi connectivity index (χ0n) is 10.3. The number of carbonyl (C=O) groups is 1. The summed E-state index contributed by atoms with van der Waals surface area (Å²) >= 11 is 6.18. The van der Waals surface area contributed by atoms with Crippen LogP contribution < -0.4 is 5.32 Å². The number of rotatable bonds is 2. The number of benzene rings is 2. The molecule has 3 nitrogen and oxygen atoms in total. The van der Waals surface area contributed by atoms with E-state index in [1.54, 1.807) is 6.07 Å². The Morgan fingerprint density at radius 3 is 2.70 bits per heavy atom. The first-order chi connectivity index (χ1) is 9.65. The number of carbonyl (C=O) groups excluding carboxylic acids is 1. The third-order valence-corrected chi connectivity index (χ3v) is 3.34. The molecule has 0 saturated heterocycles. The quantitative estimate of drug-likeness (QED) is 0.729. The van der Waals surface area contributed by atoms with Crippen molar-refractivity contribution in [2.45, 2.75) is 0 Å². The van der Waals surface area contributed by atoms with Crippen LogP contribution in [0, 0.1) is 5.82 Å². The summed E-state index contributed by atoms with van der Waals surface area (Å²) in [5.74, 6) is -0.817. The van der Waals surface area contributed by atoms with Gasteiger partial charge in [0.15, 0.2) is 0 Å². The van der Waals surface area contributed by atoms with Gasteiger partial charge in [0.25, 0.3) is 5.91 Å². The van der Waals surface area contributed by atoms with E-state index < -0.39 is 11.7 Å². The van der Waals surface area contributed by atoms with E-state index in [1.165, 1.54) is 18.2 Å². The van der Waals surface area contributed by atoms with Crippen molar-refractivity contribution in [3.05, 3.63) is 65.1 Å². The van der Waals surface area contributed by atoms with Crippen molar-refractivity contribution in [2.24, 2.45) is 0 Å². The van der Waals surface area contributed by atoms with Crippen LogP contribution >= 0.6 is 11.6 Å². The highest BCUT2D eigenvalue weighted by molar-refractivity contribution is 6.39. The number of aromatic amines is 1. The highest BCUT2D eigenvalue weighted by Gasteiger charge is 2.16. The molecule has 0 aliphatic heterocycles. The Morgan fingerprint density at radius 1 is 1.15 bits per heavy atom. The lowest BCUT2D eigenvalue weighted by molar-refractivity contribution is 0.102. The normalized spacial score (nSPS) is 10.7. The maximum Gasteiger partial charge on any atom is 0.273 e. The molecule has 20 heavy (non-hydrogen) atoms. The summed E-state index contributed by atoms with van der Waals surface area (Å²) in [6.45, 7) is 0. The smallest absolute Gasteiger partial charge is 0.273 e. The number of nitrogens with one attached hydrogen (secondary N) is 2. The lowest BCUT2D eigenvalue weighted by Crippen LogP contribution is -2.12. The Labute approximate surface area is 119 Å². The van der Waals surface area contributed by atoms with E-state index in [2.05, 4.69) is 10.3 Å². The average Bonchev–Trinajstić information content (AvgIpc) is 2.77. The van der Waals surface area contributed by atoms with E-state index in [-0.39, 0.29) is 5.69 Å². The molecule has 2 aromatic carbocycles. The first kappa shape index (κ1) is 12.7. The Balaban J connectivity index is 1.95. The number of halogens is 2. The van der Waals surface area contributed by atoms with Crippen molar-refractivity contribution in [2.75, 3.05) is 5.32 Å². The van der Waals surface area contributed by atoms with Crippen LogP contribution in [0.5, 0.6) is 0 Å². The van der Waals surface area contributed by atoms with Gasteiger partial charge in [-0.25, -0.2) is 4.39 Å². The van der Waals surface area contributed by atoms with Crippen LogP contribution in [0.2, 0.25) is 5.02 Å². The zero-order chi connectivity index (χ0) is 14.1. The molecule has 0 bridgehead atoms. The van der Waals surface area contributed by atoms with Gasteiger partial charge in [-0.3, -0.25) is 4.79 Å². The molecule has 0 fully saturated rings. The molecule has 1 amide bonds. The monoisotopic (exact) mass is 288 g/mol. The predicted molar refractivity (Wildman–Crippen MR) is 77.7 cm³/mol. The fourth-order valence-corrected chi connectivity index (χ4v) is 2.32. The molecular weight excluding hydrogens is 279 g/mol. The molecule has 3 aromatic rings. The molecule has 0 radical (unpaired) electrons. The highest BCUT2D eigenvalue weighted by atomic mass is 35.5. The third-order valence-electron chi connectivity index (χ3n) is 2.95. The summed E-state index contributed by atoms with van der Waals surface area (Å²) in [6.07, 6.45) is 0. The first-order valence-electron chi connectivity index (χ1n) is 5.98. The van der Waals surface area contributed by atoms with Gasteiger partial charge in [0.1, 0.15) is 11.5 Å². The van der Waals surface area contributed by atoms with Crippen molar-refractivity contribution in [1.29, 1.82) is 0 Å². The van der Waals surface area contributed by atoms with Gasteiger partial charge in [-0.2, -0.15) is 0 Å². The lowest BCUT2D eigenvalue weighted by Gasteiger charge is -2.04. The molecule has 2 N–H and O–H groups in total. The Hall–Kier alpha value is -2.33. The summed E-state index contributed by atoms with van der Waals surface area (Å²) in [4.78, 5) is 15.1. The summed E-state index contributed by atoms with van der Waals surface area (Å²) in [6, 6.07) is 13.0. The van der Waals surface area contributed by atoms with Crippen LogP contribution in [0.1, 0.15) is 10.5 Å². The topological polar surface area (TPSA) is 44.9 Å². The molecule has 0 aliphatic rings. The number of hydrogen-bond donors (Lipinski definition) is 2. The molecule has 3 rings (SSSR count). The number of anilines is 1. The minimum Gasteiger partial charge on any atom is -0.349 e. The number of fused-ring (bicyclic) bond motifs is 1. The van der Waals surface area contributed by atoms with E-state index >= 15 is 0 Å². The molecule has 5 heteroatoms. The summed E-state index contributed by atoms with van der Waals surface area (Å²) in [5.41, 5.74) is 1.42. The van der Waals surface area contributed by atoms with Crippen molar-refractivity contribution in [3.8, 4) is 0 Å². The van der Waals surface area contributed by atoms with Crippen LogP contribution in [0.25, 0.3) is 10.9 Å². The second kappa shape index (κ2) is 4.98. The molecule has 0 aliphatic carbocycles.